The molecular weight excluding hydrogens is 376 g/mol. The molecule has 3 atom stereocenters. The number of allylic oxidation sites excluding steroid dienone is 2. The molecule has 0 aromatic heterocycles. The molecule has 3 amide bonds. The summed E-state index contributed by atoms with van der Waals surface area (Å²) in [6.45, 7) is 2.16. The number of benzene rings is 2. The maximum atomic E-state index is 12.8. The van der Waals surface area contributed by atoms with Crippen LogP contribution in [0, 0.1) is 18.8 Å². The van der Waals surface area contributed by atoms with Crippen molar-refractivity contribution in [3.63, 3.8) is 0 Å². The Morgan fingerprint density at radius 2 is 1.50 bits per heavy atom. The van der Waals surface area contributed by atoms with E-state index in [-0.39, 0.29) is 48.6 Å². The highest BCUT2D eigenvalue weighted by atomic mass is 16.2. The largest absolute Gasteiger partial charge is 0.345 e. The average Bonchev–Trinajstić information content (AvgIpc) is 3.02. The lowest BCUT2D eigenvalue weighted by Gasteiger charge is -2.21. The monoisotopic (exact) mass is 402 g/mol. The first-order valence-electron chi connectivity index (χ1n) is 10.5. The van der Waals surface area contributed by atoms with Gasteiger partial charge in [0.1, 0.15) is 0 Å². The van der Waals surface area contributed by atoms with Gasteiger partial charge in [-0.15, -0.1) is 0 Å². The molecule has 0 bridgehead atoms. The third-order valence-corrected chi connectivity index (χ3v) is 6.01. The number of nitrogens with zero attached hydrogens (tertiary/aromatic N) is 1. The van der Waals surface area contributed by atoms with Gasteiger partial charge in [-0.1, -0.05) is 72.3 Å². The standard InChI is InChI=1S/C25H26N2O3/c1-17-11-13-19(14-12-17)23(18-7-3-2-4-8-18)26-22(28)15-16-27-24(29)20-9-5-6-10-21(20)25(27)30/h2-8,11-14,20-21,23H,9-10,15-16H2,1H3,(H,26,28)/t20-,21+,23?. The first kappa shape index (κ1) is 20.1. The number of amides is 3. The van der Waals surface area contributed by atoms with E-state index in [4.69, 9.17) is 0 Å². The lowest BCUT2D eigenvalue weighted by molar-refractivity contribution is -0.140. The van der Waals surface area contributed by atoms with Crippen molar-refractivity contribution >= 4 is 17.7 Å². The molecule has 1 aliphatic heterocycles. The van der Waals surface area contributed by atoms with Crippen LogP contribution in [-0.4, -0.2) is 29.2 Å². The first-order valence-corrected chi connectivity index (χ1v) is 10.5. The molecule has 5 nitrogen and oxygen atoms in total. The zero-order chi connectivity index (χ0) is 21.1. The fourth-order valence-corrected chi connectivity index (χ4v) is 4.30. The quantitative estimate of drug-likeness (QED) is 0.594. The number of carbonyl (C=O) groups is 3. The van der Waals surface area contributed by atoms with Crippen molar-refractivity contribution in [3.05, 3.63) is 83.4 Å². The van der Waals surface area contributed by atoms with Crippen molar-refractivity contribution in [1.82, 2.24) is 10.2 Å². The highest BCUT2D eigenvalue weighted by Crippen LogP contribution is 2.35. The molecule has 30 heavy (non-hydrogen) atoms. The predicted octanol–water partition coefficient (Wildman–Crippen LogP) is 3.54. The molecule has 1 heterocycles. The molecule has 154 valence electrons. The van der Waals surface area contributed by atoms with E-state index in [1.54, 1.807) is 0 Å². The summed E-state index contributed by atoms with van der Waals surface area (Å²) >= 11 is 0. The average molecular weight is 402 g/mol. The number of rotatable bonds is 6. The molecule has 1 unspecified atom stereocenters. The minimum Gasteiger partial charge on any atom is -0.345 e. The summed E-state index contributed by atoms with van der Waals surface area (Å²) in [6, 6.07) is 17.6. The Hall–Kier alpha value is -3.21. The Kier molecular flexibility index (Phi) is 5.79. The van der Waals surface area contributed by atoms with Gasteiger partial charge in [0.25, 0.3) is 0 Å². The SMILES string of the molecule is Cc1ccc(C(NC(=O)CCN2C(=O)[C@H]3CC=CC[C@H]3C2=O)c2ccccc2)cc1. The van der Waals surface area contributed by atoms with Gasteiger partial charge in [0.15, 0.2) is 0 Å². The van der Waals surface area contributed by atoms with Gasteiger partial charge in [0.05, 0.1) is 17.9 Å². The Bertz CT molecular complexity index is 940. The predicted molar refractivity (Wildman–Crippen MR) is 114 cm³/mol. The van der Waals surface area contributed by atoms with Crippen molar-refractivity contribution in [3.8, 4) is 0 Å². The molecule has 1 aliphatic carbocycles. The highest BCUT2D eigenvalue weighted by molar-refractivity contribution is 6.05. The molecule has 2 aromatic rings. The number of carbonyl (C=O) groups excluding carboxylic acids is 3. The van der Waals surface area contributed by atoms with Gasteiger partial charge in [0.2, 0.25) is 17.7 Å². The summed E-state index contributed by atoms with van der Waals surface area (Å²) in [5, 5.41) is 3.08. The lowest BCUT2D eigenvalue weighted by atomic mass is 9.85. The number of nitrogens with one attached hydrogen (secondary N) is 1. The van der Waals surface area contributed by atoms with Crippen LogP contribution in [0.1, 0.15) is 42.0 Å². The number of fused-ring (bicyclic) bond motifs is 1. The third-order valence-electron chi connectivity index (χ3n) is 6.01. The summed E-state index contributed by atoms with van der Waals surface area (Å²) in [5.74, 6) is -0.969. The first-order chi connectivity index (χ1) is 14.5. The minimum absolute atomic E-state index is 0.0968. The van der Waals surface area contributed by atoms with Crippen molar-refractivity contribution in [1.29, 1.82) is 0 Å². The topological polar surface area (TPSA) is 66.5 Å². The van der Waals surface area contributed by atoms with Crippen LogP contribution >= 0.6 is 0 Å². The van der Waals surface area contributed by atoms with E-state index >= 15 is 0 Å². The fraction of sp³-hybridized carbons (Fsp3) is 0.320. The zero-order valence-corrected chi connectivity index (χ0v) is 17.1. The van der Waals surface area contributed by atoms with E-state index in [2.05, 4.69) is 5.32 Å². The van der Waals surface area contributed by atoms with E-state index in [0.717, 1.165) is 16.7 Å². The normalized spacial score (nSPS) is 21.4. The summed E-state index contributed by atoms with van der Waals surface area (Å²) in [6.07, 6.45) is 5.26. The molecule has 0 saturated carbocycles. The molecule has 1 saturated heterocycles. The van der Waals surface area contributed by atoms with Crippen LogP contribution in [0.25, 0.3) is 0 Å². The summed E-state index contributed by atoms with van der Waals surface area (Å²) in [7, 11) is 0. The van der Waals surface area contributed by atoms with Crippen LogP contribution in [-0.2, 0) is 14.4 Å². The van der Waals surface area contributed by atoms with Gasteiger partial charge in [-0.25, -0.2) is 0 Å². The van der Waals surface area contributed by atoms with E-state index in [1.165, 1.54) is 4.90 Å². The Morgan fingerprint density at radius 3 is 2.10 bits per heavy atom. The molecular formula is C25H26N2O3. The van der Waals surface area contributed by atoms with E-state index in [0.29, 0.717) is 12.8 Å². The smallest absolute Gasteiger partial charge is 0.233 e. The van der Waals surface area contributed by atoms with Crippen molar-refractivity contribution in [2.75, 3.05) is 6.54 Å². The molecule has 0 spiro atoms. The van der Waals surface area contributed by atoms with Crippen LogP contribution in [0.4, 0.5) is 0 Å². The number of imide groups is 1. The molecule has 2 aliphatic rings. The van der Waals surface area contributed by atoms with Gasteiger partial charge in [-0.3, -0.25) is 19.3 Å². The van der Waals surface area contributed by atoms with Crippen molar-refractivity contribution < 1.29 is 14.4 Å². The third kappa shape index (κ3) is 4.06. The molecule has 4 rings (SSSR count). The van der Waals surface area contributed by atoms with Crippen LogP contribution in [0.3, 0.4) is 0 Å². The molecule has 2 aromatic carbocycles. The van der Waals surface area contributed by atoms with Gasteiger partial charge < -0.3 is 5.32 Å². The summed E-state index contributed by atoms with van der Waals surface area (Å²) in [4.78, 5) is 39.3. The van der Waals surface area contributed by atoms with E-state index in [9.17, 15) is 14.4 Å². The molecule has 1 N–H and O–H groups in total. The summed E-state index contributed by atoms with van der Waals surface area (Å²) < 4.78 is 0. The van der Waals surface area contributed by atoms with Crippen LogP contribution in [0.15, 0.2) is 66.7 Å². The summed E-state index contributed by atoms with van der Waals surface area (Å²) in [5.41, 5.74) is 3.13. The van der Waals surface area contributed by atoms with Crippen molar-refractivity contribution in [2.24, 2.45) is 11.8 Å². The lowest BCUT2D eigenvalue weighted by Crippen LogP contribution is -2.36. The maximum absolute atomic E-state index is 12.8. The second-order valence-electron chi connectivity index (χ2n) is 8.06. The Balaban J connectivity index is 1.44. The molecule has 5 heteroatoms. The van der Waals surface area contributed by atoms with E-state index in [1.807, 2.05) is 73.7 Å². The van der Waals surface area contributed by atoms with Crippen LogP contribution in [0.2, 0.25) is 0 Å². The second-order valence-corrected chi connectivity index (χ2v) is 8.06. The molecule has 1 fully saturated rings. The second kappa shape index (κ2) is 8.66. The Labute approximate surface area is 176 Å². The number of aryl methyl sites for hydroxylation is 1. The van der Waals surface area contributed by atoms with Gasteiger partial charge >= 0.3 is 0 Å². The molecule has 0 radical (unpaired) electrons. The number of hydrogen-bond acceptors (Lipinski definition) is 3. The number of likely N-dealkylation sites (tertiary alicyclic amines) is 1. The van der Waals surface area contributed by atoms with Gasteiger partial charge in [-0.05, 0) is 30.9 Å². The van der Waals surface area contributed by atoms with Gasteiger partial charge in [-0.2, -0.15) is 0 Å². The maximum Gasteiger partial charge on any atom is 0.233 e. The fourth-order valence-electron chi connectivity index (χ4n) is 4.30. The van der Waals surface area contributed by atoms with E-state index < -0.39 is 0 Å². The van der Waals surface area contributed by atoms with Crippen LogP contribution < -0.4 is 5.32 Å². The minimum atomic E-state index is -0.281. The van der Waals surface area contributed by atoms with Gasteiger partial charge in [0, 0.05) is 13.0 Å². The highest BCUT2D eigenvalue weighted by Gasteiger charge is 2.46. The number of hydrogen-bond donors (Lipinski definition) is 1. The zero-order valence-electron chi connectivity index (χ0n) is 17.1. The Morgan fingerprint density at radius 1 is 0.933 bits per heavy atom. The van der Waals surface area contributed by atoms with Crippen molar-refractivity contribution in [2.45, 2.75) is 32.2 Å². The van der Waals surface area contributed by atoms with Crippen LogP contribution in [0.5, 0.6) is 0 Å².